The van der Waals surface area contributed by atoms with Gasteiger partial charge in [0.05, 0.1) is 11.6 Å². The minimum atomic E-state index is 0.683. The topological polar surface area (TPSA) is 23.8 Å². The maximum Gasteiger partial charge on any atom is 0.0991 e. The molecule has 0 aliphatic carbocycles. The SMILES string of the molecule is Cc1cc(-c2ccccc2)cc(-c2ccc(-c3cccc(C#N)c3)cc2)c1. The molecule has 0 aromatic heterocycles. The van der Waals surface area contributed by atoms with Gasteiger partial charge in [0.15, 0.2) is 0 Å². The Morgan fingerprint density at radius 2 is 1.07 bits per heavy atom. The van der Waals surface area contributed by atoms with E-state index in [-0.39, 0.29) is 0 Å². The van der Waals surface area contributed by atoms with Gasteiger partial charge >= 0.3 is 0 Å². The van der Waals surface area contributed by atoms with Gasteiger partial charge in [0, 0.05) is 0 Å². The van der Waals surface area contributed by atoms with E-state index in [9.17, 15) is 0 Å². The van der Waals surface area contributed by atoms with Crippen LogP contribution in [0.25, 0.3) is 33.4 Å². The number of hydrogen-bond donors (Lipinski definition) is 0. The van der Waals surface area contributed by atoms with E-state index in [0.717, 1.165) is 11.1 Å². The summed E-state index contributed by atoms with van der Waals surface area (Å²) in [6.45, 7) is 2.14. The summed E-state index contributed by atoms with van der Waals surface area (Å²) in [5, 5.41) is 9.10. The Kier molecular flexibility index (Phi) is 4.56. The molecule has 0 aliphatic heterocycles. The zero-order chi connectivity index (χ0) is 18.6. The number of hydrogen-bond acceptors (Lipinski definition) is 1. The molecule has 0 saturated carbocycles. The highest BCUT2D eigenvalue weighted by Gasteiger charge is 2.05. The van der Waals surface area contributed by atoms with Gasteiger partial charge in [-0.1, -0.05) is 78.9 Å². The van der Waals surface area contributed by atoms with E-state index < -0.39 is 0 Å². The van der Waals surface area contributed by atoms with Gasteiger partial charge in [-0.2, -0.15) is 5.26 Å². The molecule has 4 aromatic rings. The Bertz CT molecular complexity index is 1120. The van der Waals surface area contributed by atoms with Crippen LogP contribution in [0, 0.1) is 18.3 Å². The Hall–Kier alpha value is -3.63. The van der Waals surface area contributed by atoms with Crippen LogP contribution >= 0.6 is 0 Å². The van der Waals surface area contributed by atoms with E-state index in [1.165, 1.54) is 27.8 Å². The van der Waals surface area contributed by atoms with Crippen molar-refractivity contribution in [2.45, 2.75) is 6.92 Å². The molecule has 1 nitrogen and oxygen atoms in total. The molecule has 0 radical (unpaired) electrons. The molecule has 0 unspecified atom stereocenters. The Labute approximate surface area is 160 Å². The third-order valence-corrected chi connectivity index (χ3v) is 4.73. The van der Waals surface area contributed by atoms with Crippen LogP contribution in [-0.4, -0.2) is 0 Å². The van der Waals surface area contributed by atoms with E-state index in [2.05, 4.69) is 79.7 Å². The fraction of sp³-hybridized carbons (Fsp3) is 0.0385. The van der Waals surface area contributed by atoms with Crippen LogP contribution < -0.4 is 0 Å². The monoisotopic (exact) mass is 345 g/mol. The fourth-order valence-electron chi connectivity index (χ4n) is 3.37. The first kappa shape index (κ1) is 16.8. The third kappa shape index (κ3) is 3.66. The maximum atomic E-state index is 9.10. The van der Waals surface area contributed by atoms with Crippen LogP contribution in [0.5, 0.6) is 0 Å². The molecule has 27 heavy (non-hydrogen) atoms. The van der Waals surface area contributed by atoms with E-state index in [4.69, 9.17) is 5.26 Å². The summed E-state index contributed by atoms with van der Waals surface area (Å²) < 4.78 is 0. The van der Waals surface area contributed by atoms with Crippen molar-refractivity contribution in [3.8, 4) is 39.4 Å². The minimum absolute atomic E-state index is 0.683. The van der Waals surface area contributed by atoms with Crippen LogP contribution in [0.4, 0.5) is 0 Å². The van der Waals surface area contributed by atoms with Crippen molar-refractivity contribution in [1.82, 2.24) is 0 Å². The van der Waals surface area contributed by atoms with E-state index in [1.807, 2.05) is 30.3 Å². The molecule has 0 fully saturated rings. The first-order valence-electron chi connectivity index (χ1n) is 9.01. The van der Waals surface area contributed by atoms with Gasteiger partial charge in [0.2, 0.25) is 0 Å². The predicted molar refractivity (Wildman–Crippen MR) is 112 cm³/mol. The second-order valence-corrected chi connectivity index (χ2v) is 6.72. The van der Waals surface area contributed by atoms with Crippen molar-refractivity contribution < 1.29 is 0 Å². The summed E-state index contributed by atoms with van der Waals surface area (Å²) in [5.74, 6) is 0. The number of aryl methyl sites for hydroxylation is 1. The van der Waals surface area contributed by atoms with Crippen molar-refractivity contribution in [2.75, 3.05) is 0 Å². The highest BCUT2D eigenvalue weighted by Crippen LogP contribution is 2.30. The van der Waals surface area contributed by atoms with E-state index in [0.29, 0.717) is 5.56 Å². The summed E-state index contributed by atoms with van der Waals surface area (Å²) in [5.41, 5.74) is 8.98. The van der Waals surface area contributed by atoms with Gasteiger partial charge in [-0.3, -0.25) is 0 Å². The molecule has 4 aromatic carbocycles. The smallest absolute Gasteiger partial charge is 0.0991 e. The molecule has 0 heterocycles. The zero-order valence-corrected chi connectivity index (χ0v) is 15.2. The Morgan fingerprint density at radius 1 is 0.519 bits per heavy atom. The average molecular weight is 345 g/mol. The molecular weight excluding hydrogens is 326 g/mol. The quantitative estimate of drug-likeness (QED) is 0.397. The standard InChI is InChI=1S/C26H19N/c1-19-14-25(21-7-3-2-4-8-21)17-26(15-19)23-12-10-22(11-13-23)24-9-5-6-20(16-24)18-27/h2-17H,1H3. The third-order valence-electron chi connectivity index (χ3n) is 4.73. The van der Waals surface area contributed by atoms with Gasteiger partial charge in [-0.15, -0.1) is 0 Å². The summed E-state index contributed by atoms with van der Waals surface area (Å²) >= 11 is 0. The van der Waals surface area contributed by atoms with Gasteiger partial charge in [-0.25, -0.2) is 0 Å². The lowest BCUT2D eigenvalue weighted by atomic mass is 9.95. The summed E-state index contributed by atoms with van der Waals surface area (Å²) in [4.78, 5) is 0. The van der Waals surface area contributed by atoms with Crippen molar-refractivity contribution in [3.05, 3.63) is 108 Å². The lowest BCUT2D eigenvalue weighted by Gasteiger charge is -2.10. The lowest BCUT2D eigenvalue weighted by molar-refractivity contribution is 1.46. The number of benzene rings is 4. The number of rotatable bonds is 3. The molecule has 0 aliphatic rings. The highest BCUT2D eigenvalue weighted by atomic mass is 14.2. The molecule has 0 N–H and O–H groups in total. The van der Waals surface area contributed by atoms with Crippen LogP contribution in [0.3, 0.4) is 0 Å². The van der Waals surface area contributed by atoms with Gasteiger partial charge in [0.1, 0.15) is 0 Å². The molecule has 0 amide bonds. The molecule has 128 valence electrons. The summed E-state index contributed by atoms with van der Waals surface area (Å²) in [6.07, 6.45) is 0. The molecule has 0 bridgehead atoms. The van der Waals surface area contributed by atoms with Crippen molar-refractivity contribution in [3.63, 3.8) is 0 Å². The molecule has 1 heteroatoms. The van der Waals surface area contributed by atoms with Crippen molar-refractivity contribution in [2.24, 2.45) is 0 Å². The fourth-order valence-corrected chi connectivity index (χ4v) is 3.37. The molecular formula is C26H19N. The second kappa shape index (κ2) is 7.32. The van der Waals surface area contributed by atoms with Crippen LogP contribution in [-0.2, 0) is 0 Å². The van der Waals surface area contributed by atoms with Crippen LogP contribution in [0.2, 0.25) is 0 Å². The van der Waals surface area contributed by atoms with Gasteiger partial charge in [-0.05, 0) is 64.1 Å². The number of nitrogens with zero attached hydrogens (tertiary/aromatic N) is 1. The first-order valence-corrected chi connectivity index (χ1v) is 9.01. The minimum Gasteiger partial charge on any atom is -0.192 e. The maximum absolute atomic E-state index is 9.10. The van der Waals surface area contributed by atoms with Crippen LogP contribution in [0.1, 0.15) is 11.1 Å². The average Bonchev–Trinajstić information content (AvgIpc) is 2.74. The summed E-state index contributed by atoms with van der Waals surface area (Å²) in [6, 6.07) is 35.6. The van der Waals surface area contributed by atoms with Gasteiger partial charge in [0.25, 0.3) is 0 Å². The van der Waals surface area contributed by atoms with E-state index >= 15 is 0 Å². The first-order chi connectivity index (χ1) is 13.2. The molecule has 0 saturated heterocycles. The summed E-state index contributed by atoms with van der Waals surface area (Å²) in [7, 11) is 0. The molecule has 0 atom stereocenters. The lowest BCUT2D eigenvalue weighted by Crippen LogP contribution is -1.85. The Morgan fingerprint density at radius 3 is 1.70 bits per heavy atom. The predicted octanol–water partition coefficient (Wildman–Crippen LogP) is 6.87. The normalized spacial score (nSPS) is 10.4. The van der Waals surface area contributed by atoms with Crippen molar-refractivity contribution >= 4 is 0 Å². The molecule has 4 rings (SSSR count). The van der Waals surface area contributed by atoms with E-state index in [1.54, 1.807) is 0 Å². The van der Waals surface area contributed by atoms with Crippen molar-refractivity contribution in [1.29, 1.82) is 5.26 Å². The zero-order valence-electron chi connectivity index (χ0n) is 15.2. The second-order valence-electron chi connectivity index (χ2n) is 6.72. The van der Waals surface area contributed by atoms with Gasteiger partial charge < -0.3 is 0 Å². The molecule has 0 spiro atoms. The largest absolute Gasteiger partial charge is 0.192 e. The highest BCUT2D eigenvalue weighted by molar-refractivity contribution is 5.76. The van der Waals surface area contributed by atoms with Crippen LogP contribution in [0.15, 0.2) is 97.1 Å². The Balaban J connectivity index is 1.70. The number of nitriles is 1.